The van der Waals surface area contributed by atoms with Gasteiger partial charge in [0.25, 0.3) is 0 Å². The van der Waals surface area contributed by atoms with E-state index in [1.807, 2.05) is 54.6 Å². The van der Waals surface area contributed by atoms with Crippen LogP contribution in [-0.4, -0.2) is 17.4 Å². The topological polar surface area (TPSA) is 54.0 Å². The van der Waals surface area contributed by atoms with Gasteiger partial charge in [0.15, 0.2) is 0 Å². The van der Waals surface area contributed by atoms with Crippen LogP contribution < -0.4 is 10.6 Å². The maximum Gasteiger partial charge on any atom is 0.226 e. The van der Waals surface area contributed by atoms with E-state index in [0.717, 1.165) is 26.8 Å². The van der Waals surface area contributed by atoms with Crippen molar-refractivity contribution in [2.24, 2.45) is 0 Å². The number of hydrogen-bond donors (Lipinski definition) is 2. The van der Waals surface area contributed by atoms with Crippen LogP contribution in [0.1, 0.15) is 6.42 Å². The third kappa shape index (κ3) is 3.87. The van der Waals surface area contributed by atoms with Crippen molar-refractivity contribution in [2.75, 3.05) is 17.2 Å². The molecule has 5 heteroatoms. The Morgan fingerprint density at radius 3 is 2.65 bits per heavy atom. The van der Waals surface area contributed by atoms with Crippen LogP contribution in [0.4, 0.5) is 11.4 Å². The van der Waals surface area contributed by atoms with Gasteiger partial charge in [-0.3, -0.25) is 9.78 Å². The number of carbonyl (C=O) groups excluding carboxylic acids is 1. The van der Waals surface area contributed by atoms with Gasteiger partial charge in [0.1, 0.15) is 0 Å². The van der Waals surface area contributed by atoms with E-state index in [4.69, 9.17) is 0 Å². The molecular formula is C18H16BrN3O. The maximum atomic E-state index is 12.1. The number of halogens is 1. The van der Waals surface area contributed by atoms with Gasteiger partial charge in [-0.05, 0) is 40.2 Å². The van der Waals surface area contributed by atoms with Gasteiger partial charge in [-0.1, -0.05) is 30.3 Å². The van der Waals surface area contributed by atoms with Crippen LogP contribution in [0.5, 0.6) is 0 Å². The second-order valence-corrected chi connectivity index (χ2v) is 5.94. The molecule has 4 nitrogen and oxygen atoms in total. The fourth-order valence-corrected chi connectivity index (χ4v) is 2.76. The number of fused-ring (bicyclic) bond motifs is 1. The molecule has 1 heterocycles. The van der Waals surface area contributed by atoms with Crippen LogP contribution in [0, 0.1) is 0 Å². The molecule has 3 aromatic rings. The number of aromatic nitrogens is 1. The van der Waals surface area contributed by atoms with Crippen LogP contribution in [0.3, 0.4) is 0 Å². The van der Waals surface area contributed by atoms with Crippen molar-refractivity contribution in [1.29, 1.82) is 0 Å². The van der Waals surface area contributed by atoms with E-state index in [-0.39, 0.29) is 5.91 Å². The number of para-hydroxylation sites is 2. The molecule has 0 fully saturated rings. The van der Waals surface area contributed by atoms with E-state index in [0.29, 0.717) is 13.0 Å². The van der Waals surface area contributed by atoms with Crippen molar-refractivity contribution in [3.05, 3.63) is 65.3 Å². The van der Waals surface area contributed by atoms with E-state index in [1.54, 1.807) is 6.20 Å². The summed E-state index contributed by atoms with van der Waals surface area (Å²) in [5, 5.41) is 7.19. The summed E-state index contributed by atoms with van der Waals surface area (Å²) in [5.74, 6) is -0.0392. The van der Waals surface area contributed by atoms with Gasteiger partial charge in [0.2, 0.25) is 5.91 Å². The molecule has 0 spiro atoms. The van der Waals surface area contributed by atoms with Crippen molar-refractivity contribution in [2.45, 2.75) is 6.42 Å². The molecule has 0 saturated heterocycles. The van der Waals surface area contributed by atoms with Crippen molar-refractivity contribution in [1.82, 2.24) is 4.98 Å². The Morgan fingerprint density at radius 2 is 1.78 bits per heavy atom. The van der Waals surface area contributed by atoms with Gasteiger partial charge in [-0.25, -0.2) is 0 Å². The van der Waals surface area contributed by atoms with Gasteiger partial charge in [0.05, 0.1) is 11.2 Å². The molecule has 2 N–H and O–H groups in total. The Bertz CT molecular complexity index is 830. The first-order valence-corrected chi connectivity index (χ1v) is 8.15. The summed E-state index contributed by atoms with van der Waals surface area (Å²) in [6.07, 6.45) is 2.11. The molecule has 0 aliphatic heterocycles. The van der Waals surface area contributed by atoms with Crippen molar-refractivity contribution in [3.63, 3.8) is 0 Å². The number of benzene rings is 2. The zero-order valence-electron chi connectivity index (χ0n) is 12.4. The van der Waals surface area contributed by atoms with E-state index < -0.39 is 0 Å². The standard InChI is InChI=1S/C18H16BrN3O/c19-14-7-1-2-8-15(14)20-12-10-17(23)22-16-9-3-5-13-6-4-11-21-18(13)16/h1-9,11,20H,10,12H2,(H,22,23). The molecule has 1 aromatic heterocycles. The number of rotatable bonds is 5. The van der Waals surface area contributed by atoms with Crippen molar-refractivity contribution in [3.8, 4) is 0 Å². The Hall–Kier alpha value is -2.40. The summed E-state index contributed by atoms with van der Waals surface area (Å²) in [7, 11) is 0. The van der Waals surface area contributed by atoms with Crippen LogP contribution in [0.15, 0.2) is 65.3 Å². The molecule has 3 rings (SSSR count). The van der Waals surface area contributed by atoms with Gasteiger partial charge >= 0.3 is 0 Å². The summed E-state index contributed by atoms with van der Waals surface area (Å²) < 4.78 is 0.985. The highest BCUT2D eigenvalue weighted by molar-refractivity contribution is 9.10. The first-order chi connectivity index (χ1) is 11.2. The monoisotopic (exact) mass is 369 g/mol. The van der Waals surface area contributed by atoms with E-state index in [2.05, 4.69) is 31.5 Å². The number of amides is 1. The summed E-state index contributed by atoms with van der Waals surface area (Å²) in [6.45, 7) is 0.562. The second kappa shape index (κ2) is 7.24. The van der Waals surface area contributed by atoms with Crippen LogP contribution in [0.25, 0.3) is 10.9 Å². The average molecular weight is 370 g/mol. The molecule has 0 aliphatic carbocycles. The first-order valence-electron chi connectivity index (χ1n) is 7.36. The number of anilines is 2. The predicted octanol–water partition coefficient (Wildman–Crippen LogP) is 4.44. The molecule has 0 atom stereocenters. The minimum absolute atomic E-state index is 0.0392. The minimum atomic E-state index is -0.0392. The van der Waals surface area contributed by atoms with E-state index in [9.17, 15) is 4.79 Å². The largest absolute Gasteiger partial charge is 0.384 e. The molecule has 116 valence electrons. The number of pyridine rings is 1. The zero-order valence-corrected chi connectivity index (χ0v) is 14.0. The molecule has 2 aromatic carbocycles. The molecule has 0 radical (unpaired) electrons. The highest BCUT2D eigenvalue weighted by atomic mass is 79.9. The molecule has 23 heavy (non-hydrogen) atoms. The fraction of sp³-hybridized carbons (Fsp3) is 0.111. The fourth-order valence-electron chi connectivity index (χ4n) is 2.33. The summed E-state index contributed by atoms with van der Waals surface area (Å²) >= 11 is 3.47. The van der Waals surface area contributed by atoms with Crippen LogP contribution in [-0.2, 0) is 4.79 Å². The minimum Gasteiger partial charge on any atom is -0.384 e. The summed E-state index contributed by atoms with van der Waals surface area (Å²) in [4.78, 5) is 16.5. The smallest absolute Gasteiger partial charge is 0.226 e. The first kappa shape index (κ1) is 15.5. The lowest BCUT2D eigenvalue weighted by Gasteiger charge is -2.10. The van der Waals surface area contributed by atoms with Gasteiger partial charge in [-0.15, -0.1) is 0 Å². The lowest BCUT2D eigenvalue weighted by molar-refractivity contribution is -0.115. The lowest BCUT2D eigenvalue weighted by Crippen LogP contribution is -2.16. The van der Waals surface area contributed by atoms with Crippen molar-refractivity contribution < 1.29 is 4.79 Å². The highest BCUT2D eigenvalue weighted by Crippen LogP contribution is 2.22. The van der Waals surface area contributed by atoms with Crippen molar-refractivity contribution >= 4 is 44.1 Å². The molecule has 0 unspecified atom stereocenters. The summed E-state index contributed by atoms with van der Waals surface area (Å²) in [6, 6.07) is 17.5. The van der Waals surface area contributed by atoms with Gasteiger partial charge < -0.3 is 10.6 Å². The Labute approximate surface area is 143 Å². The number of carbonyl (C=O) groups is 1. The lowest BCUT2D eigenvalue weighted by atomic mass is 10.2. The second-order valence-electron chi connectivity index (χ2n) is 5.09. The van der Waals surface area contributed by atoms with E-state index in [1.165, 1.54) is 0 Å². The highest BCUT2D eigenvalue weighted by Gasteiger charge is 2.06. The molecule has 1 amide bonds. The average Bonchev–Trinajstić information content (AvgIpc) is 2.57. The van der Waals surface area contributed by atoms with Crippen LogP contribution in [0.2, 0.25) is 0 Å². The zero-order chi connectivity index (χ0) is 16.1. The summed E-state index contributed by atoms with van der Waals surface area (Å²) in [5.41, 5.74) is 2.53. The van der Waals surface area contributed by atoms with Gasteiger partial charge in [0, 0.05) is 34.7 Å². The maximum absolute atomic E-state index is 12.1. The van der Waals surface area contributed by atoms with Crippen LogP contribution >= 0.6 is 15.9 Å². The Balaban J connectivity index is 1.60. The molecule has 0 bridgehead atoms. The van der Waals surface area contributed by atoms with Gasteiger partial charge in [-0.2, -0.15) is 0 Å². The molecule has 0 saturated carbocycles. The molecule has 0 aliphatic rings. The number of nitrogens with zero attached hydrogens (tertiary/aromatic N) is 1. The predicted molar refractivity (Wildman–Crippen MR) is 97.6 cm³/mol. The molecular weight excluding hydrogens is 354 g/mol. The van der Waals surface area contributed by atoms with E-state index >= 15 is 0 Å². The SMILES string of the molecule is O=C(CCNc1ccccc1Br)Nc1cccc2cccnc12. The quantitative estimate of drug-likeness (QED) is 0.698. The third-order valence-electron chi connectivity index (χ3n) is 3.45. The number of hydrogen-bond acceptors (Lipinski definition) is 3. The third-order valence-corrected chi connectivity index (χ3v) is 4.14. The number of nitrogens with one attached hydrogen (secondary N) is 2. The Kier molecular flexibility index (Phi) is 4.88. The Morgan fingerprint density at radius 1 is 1.00 bits per heavy atom. The normalized spacial score (nSPS) is 10.5.